The predicted octanol–water partition coefficient (Wildman–Crippen LogP) is 2.26. The topological polar surface area (TPSA) is 87.5 Å². The molecule has 1 N–H and O–H groups in total. The summed E-state index contributed by atoms with van der Waals surface area (Å²) in [4.78, 5) is 12.2. The molecule has 8 nitrogen and oxygen atoms in total. The van der Waals surface area contributed by atoms with Gasteiger partial charge in [0.25, 0.3) is 0 Å². The number of ether oxygens (including phenoxy) is 3. The van der Waals surface area contributed by atoms with Crippen LogP contribution in [0.15, 0.2) is 47.8 Å². The summed E-state index contributed by atoms with van der Waals surface area (Å²) < 4.78 is 17.8. The Hall–Kier alpha value is -2.36. The van der Waals surface area contributed by atoms with Gasteiger partial charge in [0.1, 0.15) is 12.4 Å². The van der Waals surface area contributed by atoms with Gasteiger partial charge in [-0.15, -0.1) is 10.2 Å². The average Bonchev–Trinajstić information content (AvgIpc) is 3.35. The Morgan fingerprint density at radius 2 is 2.11 bits per heavy atom. The molecule has 9 heteroatoms. The summed E-state index contributed by atoms with van der Waals surface area (Å²) in [5.74, 6) is 0.879. The number of nitrogens with zero attached hydrogens (tertiary/aromatic N) is 3. The molecule has 27 heavy (non-hydrogen) atoms. The van der Waals surface area contributed by atoms with Gasteiger partial charge < -0.3 is 24.1 Å². The van der Waals surface area contributed by atoms with E-state index in [1.807, 2.05) is 41.0 Å². The van der Waals surface area contributed by atoms with E-state index < -0.39 is 6.29 Å². The summed E-state index contributed by atoms with van der Waals surface area (Å²) in [5.41, 5.74) is 0.761. The van der Waals surface area contributed by atoms with Crippen LogP contribution in [0.2, 0.25) is 0 Å². The summed E-state index contributed by atoms with van der Waals surface area (Å²) in [5, 5.41) is 12.0. The number of para-hydroxylation sites is 1. The molecular formula is C18H22N4O4S. The van der Waals surface area contributed by atoms with Gasteiger partial charge >= 0.3 is 0 Å². The van der Waals surface area contributed by atoms with E-state index in [0.29, 0.717) is 18.3 Å². The first kappa shape index (κ1) is 19.4. The van der Waals surface area contributed by atoms with E-state index in [0.717, 1.165) is 11.5 Å². The van der Waals surface area contributed by atoms with Gasteiger partial charge in [0.05, 0.1) is 24.5 Å². The summed E-state index contributed by atoms with van der Waals surface area (Å²) in [6.45, 7) is 0.935. The number of nitrogens with one attached hydrogen (secondary N) is 1. The van der Waals surface area contributed by atoms with E-state index in [1.165, 1.54) is 11.8 Å². The van der Waals surface area contributed by atoms with Gasteiger partial charge in [-0.3, -0.25) is 4.79 Å². The summed E-state index contributed by atoms with van der Waals surface area (Å²) in [6.07, 6.45) is 3.16. The van der Waals surface area contributed by atoms with Crippen molar-refractivity contribution >= 4 is 23.4 Å². The average molecular weight is 390 g/mol. The molecule has 1 aromatic carbocycles. The van der Waals surface area contributed by atoms with Crippen molar-refractivity contribution in [3.8, 4) is 0 Å². The first-order valence-corrected chi connectivity index (χ1v) is 9.44. The number of carbonyl (C=O) groups excluding carboxylic acids is 1. The Bertz CT molecular complexity index is 777. The Kier molecular flexibility index (Phi) is 6.86. The van der Waals surface area contributed by atoms with Crippen LogP contribution in [-0.2, 0) is 25.5 Å². The smallest absolute Gasteiger partial charge is 0.234 e. The number of hydrogen-bond donors (Lipinski definition) is 1. The third kappa shape index (κ3) is 5.09. The molecule has 1 unspecified atom stereocenters. The van der Waals surface area contributed by atoms with Gasteiger partial charge in [-0.1, -0.05) is 30.0 Å². The maximum atomic E-state index is 12.2. The minimum Gasteiger partial charge on any atom is -0.500 e. The predicted molar refractivity (Wildman–Crippen MR) is 101 cm³/mol. The molecular weight excluding hydrogens is 368 g/mol. The monoisotopic (exact) mass is 390 g/mol. The molecule has 3 rings (SSSR count). The number of anilines is 1. The van der Waals surface area contributed by atoms with Gasteiger partial charge in [0, 0.05) is 19.9 Å². The van der Waals surface area contributed by atoms with Crippen molar-refractivity contribution in [2.75, 3.05) is 31.9 Å². The number of methoxy groups -OCH3 is 2. The van der Waals surface area contributed by atoms with E-state index >= 15 is 0 Å². The second-order valence-corrected chi connectivity index (χ2v) is 6.77. The quantitative estimate of drug-likeness (QED) is 0.519. The summed E-state index contributed by atoms with van der Waals surface area (Å²) in [7, 11) is 3.16. The highest BCUT2D eigenvalue weighted by molar-refractivity contribution is 7.99. The molecule has 0 bridgehead atoms. The summed E-state index contributed by atoms with van der Waals surface area (Å²) >= 11 is 1.32. The Labute approximate surface area is 161 Å². The molecule has 1 aliphatic heterocycles. The van der Waals surface area contributed by atoms with E-state index in [-0.39, 0.29) is 17.6 Å². The van der Waals surface area contributed by atoms with Crippen LogP contribution >= 0.6 is 11.8 Å². The molecule has 2 heterocycles. The van der Waals surface area contributed by atoms with Crippen molar-refractivity contribution in [2.24, 2.45) is 0 Å². The lowest BCUT2D eigenvalue weighted by Gasteiger charge is -2.18. The zero-order valence-corrected chi connectivity index (χ0v) is 16.0. The molecule has 0 saturated carbocycles. The molecule has 1 atom stereocenters. The Morgan fingerprint density at radius 3 is 2.78 bits per heavy atom. The SMILES string of the molecule is COC(Cn1c(SCC(=O)Nc2ccccc2)nnc1C1C=COC1)OC. The number of amides is 1. The molecule has 0 saturated heterocycles. The Morgan fingerprint density at radius 1 is 1.33 bits per heavy atom. The van der Waals surface area contributed by atoms with Gasteiger partial charge in [-0.05, 0) is 18.2 Å². The van der Waals surface area contributed by atoms with Crippen molar-refractivity contribution in [1.29, 1.82) is 0 Å². The number of hydrogen-bond acceptors (Lipinski definition) is 7. The maximum Gasteiger partial charge on any atom is 0.234 e. The first-order valence-electron chi connectivity index (χ1n) is 8.46. The first-order chi connectivity index (χ1) is 13.2. The van der Waals surface area contributed by atoms with Crippen molar-refractivity contribution in [3.63, 3.8) is 0 Å². The van der Waals surface area contributed by atoms with Crippen LogP contribution in [0.5, 0.6) is 0 Å². The van der Waals surface area contributed by atoms with Crippen molar-refractivity contribution in [1.82, 2.24) is 14.8 Å². The lowest BCUT2D eigenvalue weighted by Crippen LogP contribution is -2.23. The third-order valence-corrected chi connectivity index (χ3v) is 4.97. The fraction of sp³-hybridized carbons (Fsp3) is 0.389. The third-order valence-electron chi connectivity index (χ3n) is 4.01. The molecule has 0 spiro atoms. The molecule has 0 aliphatic carbocycles. The molecule has 2 aromatic rings. The molecule has 0 fully saturated rings. The minimum absolute atomic E-state index is 0.0133. The van der Waals surface area contributed by atoms with Crippen molar-refractivity contribution < 1.29 is 19.0 Å². The van der Waals surface area contributed by atoms with Gasteiger partial charge in [0.15, 0.2) is 11.4 Å². The van der Waals surface area contributed by atoms with Crippen LogP contribution in [-0.4, -0.2) is 53.5 Å². The largest absolute Gasteiger partial charge is 0.500 e. The van der Waals surface area contributed by atoms with E-state index in [1.54, 1.807) is 20.5 Å². The van der Waals surface area contributed by atoms with Crippen LogP contribution in [0.4, 0.5) is 5.69 Å². The zero-order chi connectivity index (χ0) is 19.1. The number of aromatic nitrogens is 3. The fourth-order valence-electron chi connectivity index (χ4n) is 2.62. The zero-order valence-electron chi connectivity index (χ0n) is 15.2. The van der Waals surface area contributed by atoms with E-state index in [4.69, 9.17) is 14.2 Å². The number of rotatable bonds is 9. The number of carbonyl (C=O) groups is 1. The minimum atomic E-state index is -0.441. The second-order valence-electron chi connectivity index (χ2n) is 5.82. The molecule has 1 aliphatic rings. The van der Waals surface area contributed by atoms with Crippen LogP contribution in [0.25, 0.3) is 0 Å². The summed E-state index contributed by atoms with van der Waals surface area (Å²) in [6, 6.07) is 9.34. The van der Waals surface area contributed by atoms with E-state index in [2.05, 4.69) is 15.5 Å². The highest BCUT2D eigenvalue weighted by Gasteiger charge is 2.24. The number of benzene rings is 1. The van der Waals surface area contributed by atoms with Crippen molar-refractivity contribution in [2.45, 2.75) is 23.9 Å². The maximum absolute atomic E-state index is 12.2. The fourth-order valence-corrected chi connectivity index (χ4v) is 3.38. The van der Waals surface area contributed by atoms with Crippen LogP contribution in [0.1, 0.15) is 11.7 Å². The molecule has 144 valence electrons. The second kappa shape index (κ2) is 9.54. The highest BCUT2D eigenvalue weighted by atomic mass is 32.2. The Balaban J connectivity index is 1.70. The van der Waals surface area contributed by atoms with Gasteiger partial charge in [-0.25, -0.2) is 0 Å². The standard InChI is InChI=1S/C18H22N4O4S/c1-24-16(25-2)10-22-17(13-8-9-26-11-13)20-21-18(22)27-12-15(23)19-14-6-4-3-5-7-14/h3-9,13,16H,10-12H2,1-2H3,(H,19,23). The normalized spacial score (nSPS) is 15.9. The highest BCUT2D eigenvalue weighted by Crippen LogP contribution is 2.26. The lowest BCUT2D eigenvalue weighted by molar-refractivity contribution is -0.113. The molecule has 1 aromatic heterocycles. The van der Waals surface area contributed by atoms with Crippen LogP contribution < -0.4 is 5.32 Å². The van der Waals surface area contributed by atoms with E-state index in [9.17, 15) is 4.79 Å². The molecule has 0 radical (unpaired) electrons. The number of thioether (sulfide) groups is 1. The molecule has 1 amide bonds. The van der Waals surface area contributed by atoms with Crippen molar-refractivity contribution in [3.05, 3.63) is 48.5 Å². The van der Waals surface area contributed by atoms with Gasteiger partial charge in [-0.2, -0.15) is 0 Å². The lowest BCUT2D eigenvalue weighted by atomic mass is 10.1. The van der Waals surface area contributed by atoms with Crippen LogP contribution in [0.3, 0.4) is 0 Å². The van der Waals surface area contributed by atoms with Crippen LogP contribution in [0, 0.1) is 0 Å². The van der Waals surface area contributed by atoms with Gasteiger partial charge in [0.2, 0.25) is 5.91 Å².